The van der Waals surface area contributed by atoms with Crippen LogP contribution in [0.3, 0.4) is 0 Å². The lowest BCUT2D eigenvalue weighted by Crippen LogP contribution is -2.29. The lowest BCUT2D eigenvalue weighted by molar-refractivity contribution is 0.148. The van der Waals surface area contributed by atoms with Crippen molar-refractivity contribution in [1.82, 2.24) is 9.88 Å². The second kappa shape index (κ2) is 7.43. The minimum atomic E-state index is 0.627. The number of hydrogen-bond donors (Lipinski definition) is 0. The second-order valence-corrected chi connectivity index (χ2v) is 4.83. The van der Waals surface area contributed by atoms with Crippen molar-refractivity contribution in [1.29, 1.82) is 0 Å². The zero-order valence-corrected chi connectivity index (χ0v) is 11.9. The van der Waals surface area contributed by atoms with E-state index in [1.54, 1.807) is 7.11 Å². The maximum atomic E-state index is 5.86. The number of alkyl halides is 1. The fourth-order valence-electron chi connectivity index (χ4n) is 2.15. The van der Waals surface area contributed by atoms with Crippen LogP contribution in [0.1, 0.15) is 5.56 Å². The van der Waals surface area contributed by atoms with Gasteiger partial charge in [0.05, 0.1) is 12.1 Å². The van der Waals surface area contributed by atoms with E-state index in [0.29, 0.717) is 5.88 Å². The molecule has 0 saturated carbocycles. The first kappa shape index (κ1) is 14.3. The molecule has 0 aliphatic rings. The number of nitrogens with zero attached hydrogens (tertiary/aromatic N) is 2. The highest BCUT2D eigenvalue weighted by molar-refractivity contribution is 6.18. The molecule has 0 unspecified atom stereocenters. The predicted octanol–water partition coefficient (Wildman–Crippen LogP) is 2.92. The Balaban J connectivity index is 2.18. The summed E-state index contributed by atoms with van der Waals surface area (Å²) in [5.74, 6) is 0.627. The molecule has 0 amide bonds. The average molecular weight is 279 g/mol. The van der Waals surface area contributed by atoms with Gasteiger partial charge in [-0.1, -0.05) is 24.3 Å². The number of halogens is 1. The van der Waals surface area contributed by atoms with Gasteiger partial charge in [0.2, 0.25) is 0 Å². The molecule has 0 spiro atoms. The van der Waals surface area contributed by atoms with E-state index in [0.717, 1.165) is 31.8 Å². The Bertz CT molecular complexity index is 513. The number of rotatable bonds is 7. The van der Waals surface area contributed by atoms with Gasteiger partial charge < -0.3 is 4.74 Å². The van der Waals surface area contributed by atoms with Crippen molar-refractivity contribution in [3.05, 3.63) is 42.1 Å². The number of para-hydroxylation sites is 1. The number of benzene rings is 1. The van der Waals surface area contributed by atoms with Gasteiger partial charge in [-0.2, -0.15) is 0 Å². The smallest absolute Gasteiger partial charge is 0.0746 e. The number of aromatic nitrogens is 1. The molecule has 0 aliphatic carbocycles. The Morgan fingerprint density at radius 2 is 2.05 bits per heavy atom. The van der Waals surface area contributed by atoms with Crippen LogP contribution in [-0.4, -0.2) is 42.6 Å². The summed E-state index contributed by atoms with van der Waals surface area (Å²) in [7, 11) is 1.72. The van der Waals surface area contributed by atoms with Crippen molar-refractivity contribution < 1.29 is 4.74 Å². The highest BCUT2D eigenvalue weighted by atomic mass is 35.5. The Labute approximate surface area is 119 Å². The van der Waals surface area contributed by atoms with Crippen LogP contribution in [0.5, 0.6) is 0 Å². The number of fused-ring (bicyclic) bond motifs is 1. The van der Waals surface area contributed by atoms with Gasteiger partial charge in [-0.25, -0.2) is 0 Å². The van der Waals surface area contributed by atoms with Crippen molar-refractivity contribution in [2.24, 2.45) is 0 Å². The molecule has 0 fully saturated rings. The topological polar surface area (TPSA) is 25.4 Å². The van der Waals surface area contributed by atoms with E-state index in [1.165, 1.54) is 10.9 Å². The summed E-state index contributed by atoms with van der Waals surface area (Å²) in [6, 6.07) is 10.4. The van der Waals surface area contributed by atoms with Gasteiger partial charge in [-0.15, -0.1) is 11.6 Å². The number of methoxy groups -OCH3 is 1. The number of pyridine rings is 1. The minimum absolute atomic E-state index is 0.627. The van der Waals surface area contributed by atoms with Crippen molar-refractivity contribution in [3.8, 4) is 0 Å². The van der Waals surface area contributed by atoms with Gasteiger partial charge >= 0.3 is 0 Å². The first-order valence-corrected chi connectivity index (χ1v) is 6.98. The van der Waals surface area contributed by atoms with E-state index >= 15 is 0 Å². The first-order chi connectivity index (χ1) is 9.35. The molecule has 3 nitrogen and oxygen atoms in total. The molecule has 19 heavy (non-hydrogen) atoms. The van der Waals surface area contributed by atoms with Crippen LogP contribution < -0.4 is 0 Å². The Morgan fingerprint density at radius 3 is 2.84 bits per heavy atom. The van der Waals surface area contributed by atoms with Crippen molar-refractivity contribution in [2.75, 3.05) is 32.7 Å². The summed E-state index contributed by atoms with van der Waals surface area (Å²) in [6.45, 7) is 3.31. The van der Waals surface area contributed by atoms with Gasteiger partial charge in [0.25, 0.3) is 0 Å². The molecule has 4 heteroatoms. The van der Waals surface area contributed by atoms with E-state index in [9.17, 15) is 0 Å². The number of ether oxygens (including phenoxy) is 1. The summed E-state index contributed by atoms with van der Waals surface area (Å²) in [5, 5.41) is 1.18. The van der Waals surface area contributed by atoms with E-state index in [1.807, 2.05) is 12.3 Å². The predicted molar refractivity (Wildman–Crippen MR) is 79.6 cm³/mol. The third-order valence-electron chi connectivity index (χ3n) is 3.12. The van der Waals surface area contributed by atoms with Gasteiger partial charge in [0.1, 0.15) is 0 Å². The van der Waals surface area contributed by atoms with Gasteiger partial charge in [-0.3, -0.25) is 9.88 Å². The molecule has 0 bridgehead atoms. The third kappa shape index (κ3) is 3.90. The van der Waals surface area contributed by atoms with E-state index in [-0.39, 0.29) is 0 Å². The fourth-order valence-corrected chi connectivity index (χ4v) is 2.38. The van der Waals surface area contributed by atoms with E-state index in [4.69, 9.17) is 16.3 Å². The normalized spacial score (nSPS) is 11.3. The molecule has 1 aromatic heterocycles. The quantitative estimate of drug-likeness (QED) is 0.728. The van der Waals surface area contributed by atoms with Crippen LogP contribution in [0, 0.1) is 0 Å². The van der Waals surface area contributed by atoms with Crippen LogP contribution in [0.25, 0.3) is 10.9 Å². The van der Waals surface area contributed by atoms with Gasteiger partial charge in [-0.05, 0) is 11.6 Å². The monoisotopic (exact) mass is 278 g/mol. The summed E-state index contributed by atoms with van der Waals surface area (Å²) >= 11 is 5.86. The maximum absolute atomic E-state index is 5.86. The molecule has 0 radical (unpaired) electrons. The van der Waals surface area contributed by atoms with Gasteiger partial charge in [0, 0.05) is 44.2 Å². The molecule has 2 rings (SSSR count). The average Bonchev–Trinajstić information content (AvgIpc) is 2.45. The lowest BCUT2D eigenvalue weighted by atomic mass is 10.1. The highest BCUT2D eigenvalue weighted by Gasteiger charge is 2.08. The first-order valence-electron chi connectivity index (χ1n) is 6.45. The highest BCUT2D eigenvalue weighted by Crippen LogP contribution is 2.17. The molecule has 0 N–H and O–H groups in total. The Hall–Kier alpha value is -1.16. The van der Waals surface area contributed by atoms with Crippen molar-refractivity contribution >= 4 is 22.5 Å². The molecule has 0 saturated heterocycles. The fraction of sp³-hybridized carbons (Fsp3) is 0.400. The van der Waals surface area contributed by atoms with Crippen LogP contribution in [0.4, 0.5) is 0 Å². The standard InChI is InChI=1S/C15H19ClN2O/c1-19-11-10-18(9-7-16)12-14-5-2-4-13-6-3-8-17-15(13)14/h2-6,8H,7,9-12H2,1H3. The molecular weight excluding hydrogens is 260 g/mol. The zero-order valence-electron chi connectivity index (χ0n) is 11.2. The van der Waals surface area contributed by atoms with Crippen molar-refractivity contribution in [3.63, 3.8) is 0 Å². The van der Waals surface area contributed by atoms with Crippen LogP contribution >= 0.6 is 11.6 Å². The summed E-state index contributed by atoms with van der Waals surface area (Å²) in [6.07, 6.45) is 1.84. The molecule has 1 aromatic carbocycles. The molecular formula is C15H19ClN2O. The van der Waals surface area contributed by atoms with E-state index < -0.39 is 0 Å². The molecule has 0 atom stereocenters. The van der Waals surface area contributed by atoms with Crippen LogP contribution in [0.2, 0.25) is 0 Å². The zero-order chi connectivity index (χ0) is 13.5. The van der Waals surface area contributed by atoms with Crippen LogP contribution in [0.15, 0.2) is 36.5 Å². The molecule has 1 heterocycles. The largest absolute Gasteiger partial charge is 0.383 e. The summed E-state index contributed by atoms with van der Waals surface area (Å²) < 4.78 is 5.14. The van der Waals surface area contributed by atoms with E-state index in [2.05, 4.69) is 34.1 Å². The SMILES string of the molecule is COCCN(CCCl)Cc1cccc2cccnc12. The Morgan fingerprint density at radius 1 is 1.21 bits per heavy atom. The second-order valence-electron chi connectivity index (χ2n) is 4.45. The summed E-state index contributed by atoms with van der Waals surface area (Å²) in [5.41, 5.74) is 2.31. The number of hydrogen-bond acceptors (Lipinski definition) is 3. The lowest BCUT2D eigenvalue weighted by Gasteiger charge is -2.21. The third-order valence-corrected chi connectivity index (χ3v) is 3.29. The van der Waals surface area contributed by atoms with Crippen molar-refractivity contribution in [2.45, 2.75) is 6.54 Å². The van der Waals surface area contributed by atoms with Crippen LogP contribution in [-0.2, 0) is 11.3 Å². The molecule has 0 aliphatic heterocycles. The molecule has 2 aromatic rings. The summed E-state index contributed by atoms with van der Waals surface area (Å²) in [4.78, 5) is 6.78. The molecule has 102 valence electrons. The Kier molecular flexibility index (Phi) is 5.58. The van der Waals surface area contributed by atoms with Gasteiger partial charge in [0.15, 0.2) is 0 Å². The minimum Gasteiger partial charge on any atom is -0.383 e. The maximum Gasteiger partial charge on any atom is 0.0746 e.